The number of hydrogen-bond donors (Lipinski definition) is 2. The van der Waals surface area contributed by atoms with Crippen LogP contribution in [0, 0.1) is 6.92 Å². The summed E-state index contributed by atoms with van der Waals surface area (Å²) >= 11 is 3.45. The summed E-state index contributed by atoms with van der Waals surface area (Å²) in [7, 11) is 0. The summed E-state index contributed by atoms with van der Waals surface area (Å²) in [6.45, 7) is 4.22. The molecule has 2 rings (SSSR count). The molecule has 0 aromatic carbocycles. The molecule has 2 aromatic rings. The molecule has 0 spiro atoms. The maximum atomic E-state index is 6.20. The summed E-state index contributed by atoms with van der Waals surface area (Å²) in [6, 6.07) is 4.42. The molecule has 0 fully saturated rings. The van der Waals surface area contributed by atoms with Gasteiger partial charge in [0.1, 0.15) is 6.33 Å². The Hall–Kier alpha value is -0.850. The van der Waals surface area contributed by atoms with Crippen LogP contribution in [0.2, 0.25) is 0 Å². The number of nitrogens with zero attached hydrogens (tertiary/aromatic N) is 2. The number of nitrogens with two attached hydrogens (primary N) is 1. The molecule has 3 N–H and O–H groups in total. The molecule has 0 aliphatic carbocycles. The van der Waals surface area contributed by atoms with Gasteiger partial charge in [0.2, 0.25) is 0 Å². The number of aryl methyl sites for hydroxylation is 1. The Labute approximate surface area is 109 Å². The molecule has 17 heavy (non-hydrogen) atoms. The molecule has 4 nitrogen and oxygen atoms in total. The minimum absolute atomic E-state index is 0.128. The highest BCUT2D eigenvalue weighted by Gasteiger charge is 2.22. The third-order valence-electron chi connectivity index (χ3n) is 2.53. The van der Waals surface area contributed by atoms with E-state index in [1.807, 2.05) is 0 Å². The van der Waals surface area contributed by atoms with Gasteiger partial charge < -0.3 is 5.73 Å². The SMILES string of the molecule is CCC(N)C(Sc1ncn[nH]1)c1ccc(C)s1. The molecule has 92 valence electrons. The van der Waals surface area contributed by atoms with E-state index in [-0.39, 0.29) is 11.3 Å². The van der Waals surface area contributed by atoms with Crippen LogP contribution >= 0.6 is 23.1 Å². The molecular weight excluding hydrogens is 252 g/mol. The largest absolute Gasteiger partial charge is 0.326 e. The van der Waals surface area contributed by atoms with Gasteiger partial charge in [0.15, 0.2) is 5.16 Å². The smallest absolute Gasteiger partial charge is 0.184 e. The Bertz CT molecular complexity index is 452. The number of hydrogen-bond acceptors (Lipinski definition) is 5. The maximum absolute atomic E-state index is 6.20. The average Bonchev–Trinajstić information content (AvgIpc) is 2.96. The predicted molar refractivity (Wildman–Crippen MR) is 72.3 cm³/mol. The van der Waals surface area contributed by atoms with Crippen molar-refractivity contribution in [2.45, 2.75) is 36.7 Å². The summed E-state index contributed by atoms with van der Waals surface area (Å²) in [5.41, 5.74) is 6.20. The van der Waals surface area contributed by atoms with Gasteiger partial charge in [-0.15, -0.1) is 11.3 Å². The number of thioether (sulfide) groups is 1. The average molecular weight is 268 g/mol. The number of nitrogens with one attached hydrogen (secondary N) is 1. The first-order chi connectivity index (χ1) is 8.20. The molecule has 0 aliphatic rings. The van der Waals surface area contributed by atoms with Crippen LogP contribution in [0.1, 0.15) is 28.3 Å². The zero-order chi connectivity index (χ0) is 12.3. The molecule has 2 aromatic heterocycles. The number of aromatic amines is 1. The number of H-pyrrole nitrogens is 1. The van der Waals surface area contributed by atoms with Crippen LogP contribution in [0.3, 0.4) is 0 Å². The zero-order valence-corrected chi connectivity index (χ0v) is 11.5. The zero-order valence-electron chi connectivity index (χ0n) is 9.88. The second-order valence-corrected chi connectivity index (χ2v) is 6.30. The molecule has 0 bridgehead atoms. The number of rotatable bonds is 5. The first-order valence-electron chi connectivity index (χ1n) is 5.54. The maximum Gasteiger partial charge on any atom is 0.184 e. The van der Waals surface area contributed by atoms with Crippen molar-refractivity contribution in [3.8, 4) is 0 Å². The fourth-order valence-electron chi connectivity index (χ4n) is 1.55. The van der Waals surface area contributed by atoms with Gasteiger partial charge in [-0.2, -0.15) is 5.10 Å². The van der Waals surface area contributed by atoms with Crippen molar-refractivity contribution in [3.63, 3.8) is 0 Å². The van der Waals surface area contributed by atoms with E-state index in [4.69, 9.17) is 5.73 Å². The summed E-state index contributed by atoms with van der Waals surface area (Å²) in [5.74, 6) is 0. The highest BCUT2D eigenvalue weighted by Crippen LogP contribution is 2.39. The molecule has 6 heteroatoms. The van der Waals surface area contributed by atoms with Crippen molar-refractivity contribution in [1.29, 1.82) is 0 Å². The minimum atomic E-state index is 0.128. The third kappa shape index (κ3) is 3.08. The molecule has 0 aliphatic heterocycles. The quantitative estimate of drug-likeness (QED) is 0.818. The molecule has 0 radical (unpaired) electrons. The van der Waals surface area contributed by atoms with E-state index in [0.717, 1.165) is 11.6 Å². The Morgan fingerprint density at radius 3 is 2.88 bits per heavy atom. The van der Waals surface area contributed by atoms with Crippen molar-refractivity contribution in [1.82, 2.24) is 15.2 Å². The highest BCUT2D eigenvalue weighted by molar-refractivity contribution is 7.99. The van der Waals surface area contributed by atoms with Gasteiger partial charge in [-0.05, 0) is 25.5 Å². The van der Waals surface area contributed by atoms with Gasteiger partial charge in [0.05, 0.1) is 5.25 Å². The molecule has 0 amide bonds. The Balaban J connectivity index is 2.19. The van der Waals surface area contributed by atoms with Gasteiger partial charge >= 0.3 is 0 Å². The topological polar surface area (TPSA) is 67.6 Å². The summed E-state index contributed by atoms with van der Waals surface area (Å²) < 4.78 is 0. The second kappa shape index (κ2) is 5.66. The van der Waals surface area contributed by atoms with Crippen molar-refractivity contribution >= 4 is 23.1 Å². The van der Waals surface area contributed by atoms with E-state index in [2.05, 4.69) is 41.2 Å². The van der Waals surface area contributed by atoms with E-state index in [0.29, 0.717) is 0 Å². The fourth-order valence-corrected chi connectivity index (χ4v) is 3.79. The van der Waals surface area contributed by atoms with E-state index in [9.17, 15) is 0 Å². The monoisotopic (exact) mass is 268 g/mol. The molecule has 2 heterocycles. The summed E-state index contributed by atoms with van der Waals surface area (Å²) in [6.07, 6.45) is 2.47. The highest BCUT2D eigenvalue weighted by atomic mass is 32.2. The molecule has 2 atom stereocenters. The van der Waals surface area contributed by atoms with E-state index < -0.39 is 0 Å². The lowest BCUT2D eigenvalue weighted by atomic mass is 10.1. The van der Waals surface area contributed by atoms with Gasteiger partial charge in [0.25, 0.3) is 0 Å². The standard InChI is InChI=1S/C11H16N4S2/c1-3-8(12)10(9-5-4-7(2)16-9)17-11-13-6-14-15-11/h4-6,8,10H,3,12H2,1-2H3,(H,13,14,15). The molecular formula is C11H16N4S2. The Morgan fingerprint density at radius 2 is 2.35 bits per heavy atom. The number of thiophene rings is 1. The van der Waals surface area contributed by atoms with Gasteiger partial charge in [-0.1, -0.05) is 18.7 Å². The van der Waals surface area contributed by atoms with Gasteiger partial charge in [0, 0.05) is 15.8 Å². The van der Waals surface area contributed by atoms with Crippen molar-refractivity contribution < 1.29 is 0 Å². The molecule has 0 saturated carbocycles. The Kier molecular flexibility index (Phi) is 4.20. The lowest BCUT2D eigenvalue weighted by Crippen LogP contribution is -2.25. The summed E-state index contributed by atoms with van der Waals surface area (Å²) in [5, 5.41) is 7.81. The van der Waals surface area contributed by atoms with Gasteiger partial charge in [-0.25, -0.2) is 4.98 Å². The van der Waals surface area contributed by atoms with Crippen LogP contribution in [0.5, 0.6) is 0 Å². The second-order valence-electron chi connectivity index (χ2n) is 3.85. The first kappa shape index (κ1) is 12.6. The van der Waals surface area contributed by atoms with E-state index in [1.165, 1.54) is 16.1 Å². The molecule has 0 saturated heterocycles. The Morgan fingerprint density at radius 1 is 1.53 bits per heavy atom. The van der Waals surface area contributed by atoms with Crippen LogP contribution in [0.15, 0.2) is 23.6 Å². The lowest BCUT2D eigenvalue weighted by Gasteiger charge is -2.19. The normalized spacial score (nSPS) is 14.8. The van der Waals surface area contributed by atoms with Crippen molar-refractivity contribution in [2.24, 2.45) is 5.73 Å². The lowest BCUT2D eigenvalue weighted by molar-refractivity contribution is 0.638. The third-order valence-corrected chi connectivity index (χ3v) is 5.04. The fraction of sp³-hybridized carbons (Fsp3) is 0.455. The van der Waals surface area contributed by atoms with Crippen LogP contribution < -0.4 is 5.73 Å². The van der Waals surface area contributed by atoms with Crippen LogP contribution in [-0.4, -0.2) is 21.2 Å². The predicted octanol–water partition coefficient (Wildman–Crippen LogP) is 2.75. The van der Waals surface area contributed by atoms with E-state index >= 15 is 0 Å². The number of aromatic nitrogens is 3. The van der Waals surface area contributed by atoms with Crippen molar-refractivity contribution in [2.75, 3.05) is 0 Å². The van der Waals surface area contributed by atoms with Crippen LogP contribution in [-0.2, 0) is 0 Å². The van der Waals surface area contributed by atoms with Crippen molar-refractivity contribution in [3.05, 3.63) is 28.2 Å². The van der Waals surface area contributed by atoms with Crippen LogP contribution in [0.4, 0.5) is 0 Å². The van der Waals surface area contributed by atoms with Crippen LogP contribution in [0.25, 0.3) is 0 Å². The molecule has 2 unspecified atom stereocenters. The van der Waals surface area contributed by atoms with Gasteiger partial charge in [-0.3, -0.25) is 5.10 Å². The van der Waals surface area contributed by atoms with E-state index in [1.54, 1.807) is 23.1 Å². The minimum Gasteiger partial charge on any atom is -0.326 e. The first-order valence-corrected chi connectivity index (χ1v) is 7.24. The summed E-state index contributed by atoms with van der Waals surface area (Å²) in [4.78, 5) is 6.77.